The Morgan fingerprint density at radius 1 is 1.19 bits per heavy atom. The summed E-state index contributed by atoms with van der Waals surface area (Å²) in [5.41, 5.74) is 3.24. The largest absolute Gasteiger partial charge is 0.493 e. The molecule has 0 amide bonds. The number of benzene rings is 2. The van der Waals surface area contributed by atoms with Crippen molar-refractivity contribution < 1.29 is 9.13 Å². The summed E-state index contributed by atoms with van der Waals surface area (Å²) in [6.07, 6.45) is 0.950. The number of nitrogens with one attached hydrogen (secondary N) is 1. The van der Waals surface area contributed by atoms with Crippen molar-refractivity contribution in [3.63, 3.8) is 0 Å². The summed E-state index contributed by atoms with van der Waals surface area (Å²) in [6.45, 7) is 2.00. The maximum atomic E-state index is 13.0. The molecule has 1 aliphatic heterocycles. The molecule has 0 unspecified atom stereocenters. The first kappa shape index (κ1) is 14.8. The lowest BCUT2D eigenvalue weighted by molar-refractivity contribution is 0.352. The summed E-state index contributed by atoms with van der Waals surface area (Å²) >= 11 is 9.54. The van der Waals surface area contributed by atoms with Gasteiger partial charge in [0.25, 0.3) is 0 Å². The molecule has 110 valence electrons. The number of fused-ring (bicyclic) bond motifs is 1. The van der Waals surface area contributed by atoms with Crippen LogP contribution in [0.15, 0.2) is 34.8 Å². The van der Waals surface area contributed by atoms with Crippen molar-refractivity contribution in [2.75, 3.05) is 6.61 Å². The molecule has 5 heteroatoms. The van der Waals surface area contributed by atoms with E-state index >= 15 is 0 Å². The lowest BCUT2D eigenvalue weighted by atomic mass is 10.1. The monoisotopic (exact) mass is 369 g/mol. The van der Waals surface area contributed by atoms with Crippen molar-refractivity contribution in [3.05, 3.63) is 62.3 Å². The van der Waals surface area contributed by atoms with Crippen LogP contribution < -0.4 is 10.1 Å². The van der Waals surface area contributed by atoms with Crippen LogP contribution in [0.4, 0.5) is 4.39 Å². The van der Waals surface area contributed by atoms with E-state index in [1.54, 1.807) is 6.07 Å². The molecule has 3 rings (SSSR count). The van der Waals surface area contributed by atoms with Gasteiger partial charge in [-0.2, -0.15) is 0 Å². The molecule has 1 heterocycles. The molecule has 0 atom stereocenters. The Kier molecular flexibility index (Phi) is 4.48. The van der Waals surface area contributed by atoms with Crippen LogP contribution in [0.25, 0.3) is 0 Å². The van der Waals surface area contributed by atoms with Gasteiger partial charge in [-0.3, -0.25) is 0 Å². The molecule has 0 saturated heterocycles. The molecule has 0 spiro atoms. The molecule has 0 bridgehead atoms. The number of hydrogen-bond acceptors (Lipinski definition) is 2. The minimum atomic E-state index is -0.318. The van der Waals surface area contributed by atoms with Gasteiger partial charge in [-0.05, 0) is 35.4 Å². The zero-order valence-corrected chi connectivity index (χ0v) is 13.6. The predicted octanol–water partition coefficient (Wildman–Crippen LogP) is 4.47. The Labute approximate surface area is 136 Å². The van der Waals surface area contributed by atoms with Gasteiger partial charge in [-0.1, -0.05) is 33.6 Å². The molecule has 2 aromatic rings. The maximum Gasteiger partial charge on any atom is 0.127 e. The van der Waals surface area contributed by atoms with E-state index in [1.165, 1.54) is 17.7 Å². The van der Waals surface area contributed by atoms with E-state index in [-0.39, 0.29) is 5.82 Å². The van der Waals surface area contributed by atoms with E-state index < -0.39 is 0 Å². The van der Waals surface area contributed by atoms with E-state index in [0.29, 0.717) is 18.1 Å². The second-order valence-electron chi connectivity index (χ2n) is 4.99. The van der Waals surface area contributed by atoms with Crippen LogP contribution in [0, 0.1) is 5.82 Å². The van der Waals surface area contributed by atoms with Crippen LogP contribution >= 0.6 is 27.5 Å². The Morgan fingerprint density at radius 3 is 2.81 bits per heavy atom. The lowest BCUT2D eigenvalue weighted by Crippen LogP contribution is -2.13. The van der Waals surface area contributed by atoms with Crippen LogP contribution in [0.3, 0.4) is 0 Å². The first-order valence-corrected chi connectivity index (χ1v) is 7.89. The molecule has 0 radical (unpaired) electrons. The average molecular weight is 371 g/mol. The fourth-order valence-corrected chi connectivity index (χ4v) is 3.26. The first-order chi connectivity index (χ1) is 10.1. The molecular weight excluding hydrogens is 357 g/mol. The SMILES string of the molecule is Fc1ccc(CNCc2cc(Br)cc3c2OCC3)c(Cl)c1. The molecule has 1 aliphatic rings. The molecule has 2 aromatic carbocycles. The molecule has 0 aromatic heterocycles. The predicted molar refractivity (Wildman–Crippen MR) is 85.3 cm³/mol. The van der Waals surface area contributed by atoms with Crippen molar-refractivity contribution in [1.29, 1.82) is 0 Å². The molecule has 0 saturated carbocycles. The van der Waals surface area contributed by atoms with E-state index in [4.69, 9.17) is 16.3 Å². The Morgan fingerprint density at radius 2 is 2.00 bits per heavy atom. The smallest absolute Gasteiger partial charge is 0.127 e. The Bertz CT molecular complexity index is 678. The average Bonchev–Trinajstić information content (AvgIpc) is 2.89. The van der Waals surface area contributed by atoms with Gasteiger partial charge in [0.1, 0.15) is 11.6 Å². The highest BCUT2D eigenvalue weighted by Gasteiger charge is 2.17. The summed E-state index contributed by atoms with van der Waals surface area (Å²) in [4.78, 5) is 0. The van der Waals surface area contributed by atoms with E-state index in [1.807, 2.05) is 0 Å². The summed E-state index contributed by atoms with van der Waals surface area (Å²) in [7, 11) is 0. The minimum absolute atomic E-state index is 0.318. The highest BCUT2D eigenvalue weighted by atomic mass is 79.9. The standard InChI is InChI=1S/C16H14BrClFNO/c17-13-5-10-3-4-21-16(10)12(6-13)9-20-8-11-1-2-14(19)7-15(11)18/h1-2,5-7,20H,3-4,8-9H2. The van der Waals surface area contributed by atoms with Crippen molar-refractivity contribution in [2.45, 2.75) is 19.5 Å². The fraction of sp³-hybridized carbons (Fsp3) is 0.250. The lowest BCUT2D eigenvalue weighted by Gasteiger charge is -2.11. The molecule has 0 fully saturated rings. The van der Waals surface area contributed by atoms with Gasteiger partial charge in [-0.25, -0.2) is 4.39 Å². The van der Waals surface area contributed by atoms with Crippen LogP contribution in [0.2, 0.25) is 5.02 Å². The van der Waals surface area contributed by atoms with E-state index in [9.17, 15) is 4.39 Å². The summed E-state index contributed by atoms with van der Waals surface area (Å²) in [5.74, 6) is 0.665. The van der Waals surface area contributed by atoms with Gasteiger partial charge in [0.2, 0.25) is 0 Å². The topological polar surface area (TPSA) is 21.3 Å². The molecule has 21 heavy (non-hydrogen) atoms. The van der Waals surface area contributed by atoms with Gasteiger partial charge in [-0.15, -0.1) is 0 Å². The van der Waals surface area contributed by atoms with Crippen molar-refractivity contribution in [3.8, 4) is 5.75 Å². The number of hydrogen-bond donors (Lipinski definition) is 1. The van der Waals surface area contributed by atoms with Gasteiger partial charge in [0, 0.05) is 34.6 Å². The third-order valence-corrected chi connectivity index (χ3v) is 4.28. The number of halogens is 3. The summed E-state index contributed by atoms with van der Waals surface area (Å²) in [5, 5.41) is 3.77. The number of rotatable bonds is 4. The molecular formula is C16H14BrClFNO. The second-order valence-corrected chi connectivity index (χ2v) is 6.31. The maximum absolute atomic E-state index is 13.0. The third kappa shape index (κ3) is 3.39. The van der Waals surface area contributed by atoms with Gasteiger partial charge in [0.05, 0.1) is 6.61 Å². The summed E-state index contributed by atoms with van der Waals surface area (Å²) in [6, 6.07) is 8.61. The van der Waals surface area contributed by atoms with Crippen molar-refractivity contribution in [1.82, 2.24) is 5.32 Å². The normalized spacial score (nSPS) is 13.1. The third-order valence-electron chi connectivity index (χ3n) is 3.47. The molecule has 1 N–H and O–H groups in total. The molecule has 0 aliphatic carbocycles. The van der Waals surface area contributed by atoms with Gasteiger partial charge >= 0.3 is 0 Å². The van der Waals surface area contributed by atoms with E-state index in [0.717, 1.165) is 34.4 Å². The van der Waals surface area contributed by atoms with Crippen LogP contribution in [-0.4, -0.2) is 6.61 Å². The van der Waals surface area contributed by atoms with Crippen LogP contribution in [0.5, 0.6) is 5.75 Å². The van der Waals surface area contributed by atoms with Gasteiger partial charge in [0.15, 0.2) is 0 Å². The highest BCUT2D eigenvalue weighted by Crippen LogP contribution is 2.33. The second kappa shape index (κ2) is 6.34. The zero-order chi connectivity index (χ0) is 14.8. The van der Waals surface area contributed by atoms with Crippen molar-refractivity contribution in [2.24, 2.45) is 0 Å². The van der Waals surface area contributed by atoms with Crippen molar-refractivity contribution >= 4 is 27.5 Å². The Hall–Kier alpha value is -1.10. The minimum Gasteiger partial charge on any atom is -0.493 e. The molecule has 2 nitrogen and oxygen atoms in total. The Balaban J connectivity index is 1.68. The highest BCUT2D eigenvalue weighted by molar-refractivity contribution is 9.10. The number of ether oxygens (including phenoxy) is 1. The van der Waals surface area contributed by atoms with Crippen LogP contribution in [0.1, 0.15) is 16.7 Å². The van der Waals surface area contributed by atoms with E-state index in [2.05, 4.69) is 33.4 Å². The summed E-state index contributed by atoms with van der Waals surface area (Å²) < 4.78 is 19.8. The zero-order valence-electron chi connectivity index (χ0n) is 11.3. The fourth-order valence-electron chi connectivity index (χ4n) is 2.47. The van der Waals surface area contributed by atoms with Crippen LogP contribution in [-0.2, 0) is 19.5 Å². The van der Waals surface area contributed by atoms with Gasteiger partial charge < -0.3 is 10.1 Å². The first-order valence-electron chi connectivity index (χ1n) is 6.72. The quantitative estimate of drug-likeness (QED) is 0.857.